The molecule has 0 fully saturated rings. The Morgan fingerprint density at radius 3 is 2.55 bits per heavy atom. The van der Waals surface area contributed by atoms with Crippen LogP contribution in [0.25, 0.3) is 0 Å². The summed E-state index contributed by atoms with van der Waals surface area (Å²) in [6, 6.07) is 11.8. The van der Waals surface area contributed by atoms with Crippen molar-refractivity contribution >= 4 is 46.6 Å². The summed E-state index contributed by atoms with van der Waals surface area (Å²) in [4.78, 5) is 4.50. The van der Waals surface area contributed by atoms with Crippen LogP contribution in [-0.2, 0) is 13.0 Å². The van der Waals surface area contributed by atoms with Gasteiger partial charge in [0.25, 0.3) is 0 Å². The molecule has 2 heterocycles. The number of aromatic amines is 1. The maximum absolute atomic E-state index is 9.89. The smallest absolute Gasteiger partial charge is 0.0971 e. The van der Waals surface area contributed by atoms with Crippen LogP contribution in [0.4, 0.5) is 0 Å². The number of aliphatic hydroxyl groups excluding tert-OH is 1. The molecular weight excluding hydrogens is 499 g/mol. The number of nitrogens with zero attached hydrogens (tertiary/aromatic N) is 3. The number of rotatable bonds is 8. The van der Waals surface area contributed by atoms with Gasteiger partial charge in [-0.2, -0.15) is 5.10 Å². The second kappa shape index (κ2) is 11.0. The highest BCUT2D eigenvalue weighted by molar-refractivity contribution is 7.99. The molecule has 2 N–H and O–H groups in total. The number of aromatic nitrogens is 2. The van der Waals surface area contributed by atoms with Crippen molar-refractivity contribution in [2.45, 2.75) is 36.5 Å². The molecule has 0 bridgehead atoms. The number of benzene rings is 2. The van der Waals surface area contributed by atoms with Crippen molar-refractivity contribution in [1.29, 1.82) is 0 Å². The fourth-order valence-electron chi connectivity index (χ4n) is 4.43. The lowest BCUT2D eigenvalue weighted by Crippen LogP contribution is -2.44. The summed E-state index contributed by atoms with van der Waals surface area (Å²) in [6.07, 6.45) is 3.35. The lowest BCUT2D eigenvalue weighted by Gasteiger charge is -2.42. The highest BCUT2D eigenvalue weighted by atomic mass is 35.5. The van der Waals surface area contributed by atoms with Crippen molar-refractivity contribution in [2.24, 2.45) is 0 Å². The van der Waals surface area contributed by atoms with Crippen LogP contribution in [-0.4, -0.2) is 57.7 Å². The molecule has 33 heavy (non-hydrogen) atoms. The Kier molecular flexibility index (Phi) is 8.28. The molecule has 0 amide bonds. The quantitative estimate of drug-likeness (QED) is 0.284. The molecule has 2 aromatic carbocycles. The predicted molar refractivity (Wildman–Crippen MR) is 137 cm³/mol. The number of halogens is 3. The topological polar surface area (TPSA) is 55.4 Å². The van der Waals surface area contributed by atoms with Crippen molar-refractivity contribution in [1.82, 2.24) is 20.0 Å². The van der Waals surface area contributed by atoms with Crippen molar-refractivity contribution in [3.05, 3.63) is 79.9 Å². The number of H-pyrrole nitrogens is 1. The van der Waals surface area contributed by atoms with Crippen LogP contribution in [0.2, 0.25) is 15.1 Å². The summed E-state index contributed by atoms with van der Waals surface area (Å²) in [5.74, 6) is 0.799. The van der Waals surface area contributed by atoms with Gasteiger partial charge in [0.2, 0.25) is 0 Å². The molecule has 0 aliphatic carbocycles. The van der Waals surface area contributed by atoms with Gasteiger partial charge >= 0.3 is 0 Å². The standard InChI is InChI=1S/C24H27Cl3N4OS/c1-30(2)14-33-24-19(12-28-29-24)23(22-20(26)10-17(25)11-21(22)27)31-13-16-6-4-3-5-15(16)9-18(31)7-8-32/h3-6,10-12,18,23,32H,7-9,13-14H2,1-2H3,(H,28,29). The first-order chi connectivity index (χ1) is 15.9. The fraction of sp³-hybridized carbons (Fsp3) is 0.375. The zero-order chi connectivity index (χ0) is 23.5. The van der Waals surface area contributed by atoms with Crippen LogP contribution in [0.1, 0.15) is 34.7 Å². The van der Waals surface area contributed by atoms with Crippen molar-refractivity contribution in [2.75, 3.05) is 26.6 Å². The molecule has 1 aliphatic rings. The number of fused-ring (bicyclic) bond motifs is 1. The maximum atomic E-state index is 9.89. The number of thioether (sulfide) groups is 1. The Bertz CT molecular complexity index is 1080. The van der Waals surface area contributed by atoms with E-state index in [4.69, 9.17) is 34.8 Å². The van der Waals surface area contributed by atoms with Crippen LogP contribution in [0.5, 0.6) is 0 Å². The minimum Gasteiger partial charge on any atom is -0.396 e. The minimum absolute atomic E-state index is 0.103. The molecule has 0 saturated carbocycles. The highest BCUT2D eigenvalue weighted by Crippen LogP contribution is 2.45. The van der Waals surface area contributed by atoms with Gasteiger partial charge in [0.15, 0.2) is 0 Å². The van der Waals surface area contributed by atoms with Gasteiger partial charge in [0.05, 0.1) is 23.1 Å². The number of nitrogens with one attached hydrogen (secondary N) is 1. The van der Waals surface area contributed by atoms with E-state index in [-0.39, 0.29) is 18.7 Å². The third kappa shape index (κ3) is 5.54. The second-order valence-corrected chi connectivity index (χ2v) is 10.7. The summed E-state index contributed by atoms with van der Waals surface area (Å²) in [5, 5.41) is 19.9. The van der Waals surface area contributed by atoms with Crippen LogP contribution in [0.15, 0.2) is 47.6 Å². The zero-order valence-electron chi connectivity index (χ0n) is 18.6. The lowest BCUT2D eigenvalue weighted by molar-refractivity contribution is 0.105. The number of hydrogen-bond donors (Lipinski definition) is 2. The summed E-state index contributed by atoms with van der Waals surface area (Å²) < 4.78 is 0. The van der Waals surface area contributed by atoms with Gasteiger partial charge in [0, 0.05) is 45.4 Å². The Morgan fingerprint density at radius 2 is 1.88 bits per heavy atom. The molecular formula is C24H27Cl3N4OS. The number of aliphatic hydroxyl groups is 1. The molecule has 4 rings (SSSR count). The zero-order valence-corrected chi connectivity index (χ0v) is 21.6. The Balaban J connectivity index is 1.86. The van der Waals surface area contributed by atoms with E-state index in [1.165, 1.54) is 11.1 Å². The first-order valence-corrected chi connectivity index (χ1v) is 12.9. The van der Waals surface area contributed by atoms with Crippen molar-refractivity contribution in [3.8, 4) is 0 Å². The largest absolute Gasteiger partial charge is 0.396 e. The summed E-state index contributed by atoms with van der Waals surface area (Å²) in [5.41, 5.74) is 4.39. The van der Waals surface area contributed by atoms with Gasteiger partial charge in [-0.25, -0.2) is 0 Å². The van der Waals surface area contributed by atoms with Gasteiger partial charge in [-0.1, -0.05) is 70.8 Å². The van der Waals surface area contributed by atoms with Gasteiger partial charge < -0.3 is 5.11 Å². The van der Waals surface area contributed by atoms with E-state index < -0.39 is 0 Å². The van der Waals surface area contributed by atoms with Gasteiger partial charge in [-0.05, 0) is 50.2 Å². The average molecular weight is 526 g/mol. The van der Waals surface area contributed by atoms with Crippen LogP contribution >= 0.6 is 46.6 Å². The SMILES string of the molecule is CN(C)CSc1[nH]ncc1C(c1c(Cl)cc(Cl)cc1Cl)N1Cc2ccccc2CC1CCO. The van der Waals surface area contributed by atoms with Crippen molar-refractivity contribution in [3.63, 3.8) is 0 Å². The molecule has 0 radical (unpaired) electrons. The molecule has 5 nitrogen and oxygen atoms in total. The Hall–Kier alpha value is -1.25. The van der Waals surface area contributed by atoms with Crippen LogP contribution in [0.3, 0.4) is 0 Å². The van der Waals surface area contributed by atoms with E-state index in [0.717, 1.165) is 28.5 Å². The molecule has 9 heteroatoms. The van der Waals surface area contributed by atoms with Crippen LogP contribution < -0.4 is 0 Å². The molecule has 1 aromatic heterocycles. The summed E-state index contributed by atoms with van der Waals surface area (Å²) >= 11 is 21.5. The van der Waals surface area contributed by atoms with Gasteiger partial charge in [-0.3, -0.25) is 14.9 Å². The molecule has 176 valence electrons. The molecule has 2 unspecified atom stereocenters. The van der Waals surface area contributed by atoms with Gasteiger partial charge in [-0.15, -0.1) is 0 Å². The second-order valence-electron chi connectivity index (χ2n) is 8.50. The summed E-state index contributed by atoms with van der Waals surface area (Å²) in [6.45, 7) is 0.815. The highest BCUT2D eigenvalue weighted by Gasteiger charge is 2.37. The van der Waals surface area contributed by atoms with Crippen LogP contribution in [0, 0.1) is 0 Å². The normalized spacial score (nSPS) is 17.4. The van der Waals surface area contributed by atoms with E-state index in [2.05, 4.69) is 44.3 Å². The fourth-order valence-corrected chi connectivity index (χ4v) is 6.29. The Labute approximate surface area is 214 Å². The van der Waals surface area contributed by atoms with E-state index >= 15 is 0 Å². The third-order valence-electron chi connectivity index (χ3n) is 5.90. The van der Waals surface area contributed by atoms with E-state index in [1.807, 2.05) is 20.3 Å². The van der Waals surface area contributed by atoms with Crippen molar-refractivity contribution < 1.29 is 5.11 Å². The molecule has 0 spiro atoms. The molecule has 0 saturated heterocycles. The third-order valence-corrected chi connectivity index (χ3v) is 8.01. The maximum Gasteiger partial charge on any atom is 0.0971 e. The Morgan fingerprint density at radius 1 is 1.18 bits per heavy atom. The van der Waals surface area contributed by atoms with Gasteiger partial charge in [0.1, 0.15) is 0 Å². The lowest BCUT2D eigenvalue weighted by atomic mass is 9.88. The van der Waals surface area contributed by atoms with E-state index in [1.54, 1.807) is 23.9 Å². The molecule has 3 aromatic rings. The molecule has 2 atom stereocenters. The minimum atomic E-state index is -0.254. The summed E-state index contributed by atoms with van der Waals surface area (Å²) in [7, 11) is 4.07. The first-order valence-electron chi connectivity index (χ1n) is 10.8. The monoisotopic (exact) mass is 524 g/mol. The molecule has 1 aliphatic heterocycles. The van der Waals surface area contributed by atoms with E-state index in [0.29, 0.717) is 28.0 Å². The van der Waals surface area contributed by atoms with E-state index in [9.17, 15) is 5.11 Å². The first kappa shape index (κ1) is 24.9. The predicted octanol–water partition coefficient (Wildman–Crippen LogP) is 5.88. The number of hydrogen-bond acceptors (Lipinski definition) is 5. The average Bonchev–Trinajstić information content (AvgIpc) is 3.23.